The quantitative estimate of drug-likeness (QED) is 0.118. The fourth-order valence-electron chi connectivity index (χ4n) is 4.33. The molecule has 0 radical (unpaired) electrons. The van der Waals surface area contributed by atoms with E-state index in [4.69, 9.17) is 18.9 Å². The third kappa shape index (κ3) is 5.37. The average molecular weight is 567 g/mol. The first-order valence-electron chi connectivity index (χ1n) is 12.6. The maximum absolute atomic E-state index is 13.5. The van der Waals surface area contributed by atoms with Gasteiger partial charge in [0.15, 0.2) is 16.6 Å². The Morgan fingerprint density at radius 3 is 2.38 bits per heavy atom. The van der Waals surface area contributed by atoms with E-state index in [1.54, 1.807) is 49.4 Å². The zero-order valence-electron chi connectivity index (χ0n) is 22.8. The van der Waals surface area contributed by atoms with Crippen LogP contribution in [0.3, 0.4) is 0 Å². The highest BCUT2D eigenvalue weighted by Crippen LogP contribution is 2.45. The second kappa shape index (κ2) is 12.2. The maximum Gasteiger partial charge on any atom is 0.350 e. The molecule has 210 valence electrons. The van der Waals surface area contributed by atoms with Crippen molar-refractivity contribution in [3.63, 3.8) is 0 Å². The largest absolute Gasteiger partial charge is 0.507 e. The summed E-state index contributed by atoms with van der Waals surface area (Å²) in [4.78, 5) is 45.0. The fourth-order valence-corrected chi connectivity index (χ4v) is 5.35. The van der Waals surface area contributed by atoms with Crippen LogP contribution < -0.4 is 19.1 Å². The Morgan fingerprint density at radius 1 is 1.05 bits per heavy atom. The molecule has 1 amide bonds. The molecular weight excluding hydrogens is 536 g/mol. The van der Waals surface area contributed by atoms with E-state index in [9.17, 15) is 19.5 Å². The lowest BCUT2D eigenvalue weighted by molar-refractivity contribution is -0.132. The van der Waals surface area contributed by atoms with Crippen molar-refractivity contribution in [1.29, 1.82) is 0 Å². The number of rotatable bonds is 10. The molecule has 0 saturated carbocycles. The van der Waals surface area contributed by atoms with Crippen molar-refractivity contribution >= 4 is 39.9 Å². The van der Waals surface area contributed by atoms with E-state index >= 15 is 0 Å². The van der Waals surface area contributed by atoms with Gasteiger partial charge in [0.2, 0.25) is 0 Å². The molecule has 2 aromatic carbocycles. The predicted molar refractivity (Wildman–Crippen MR) is 149 cm³/mol. The Labute approximate surface area is 235 Å². The van der Waals surface area contributed by atoms with Crippen molar-refractivity contribution in [2.24, 2.45) is 0 Å². The van der Waals surface area contributed by atoms with Gasteiger partial charge in [0.05, 0.1) is 45.2 Å². The Morgan fingerprint density at radius 2 is 1.75 bits per heavy atom. The average Bonchev–Trinajstić information content (AvgIpc) is 3.48. The monoisotopic (exact) mass is 566 g/mol. The number of amides is 1. The Bertz CT molecular complexity index is 1460. The summed E-state index contributed by atoms with van der Waals surface area (Å²) in [7, 11) is 4.21. The highest BCUT2D eigenvalue weighted by molar-refractivity contribution is 7.17. The molecule has 10 nitrogen and oxygen atoms in total. The number of aryl methyl sites for hydroxylation is 1. The van der Waals surface area contributed by atoms with E-state index in [2.05, 4.69) is 11.9 Å². The van der Waals surface area contributed by atoms with Gasteiger partial charge in [-0.2, -0.15) is 0 Å². The first-order valence-corrected chi connectivity index (χ1v) is 13.4. The topological polar surface area (TPSA) is 124 Å². The van der Waals surface area contributed by atoms with E-state index in [-0.39, 0.29) is 21.3 Å². The molecule has 0 bridgehead atoms. The Kier molecular flexibility index (Phi) is 8.73. The molecule has 1 aromatic heterocycles. The third-order valence-electron chi connectivity index (χ3n) is 6.42. The van der Waals surface area contributed by atoms with Gasteiger partial charge < -0.3 is 24.1 Å². The number of thiazole rings is 1. The van der Waals surface area contributed by atoms with Crippen molar-refractivity contribution in [3.8, 4) is 17.2 Å². The number of ether oxygens (including phenoxy) is 4. The predicted octanol–water partition coefficient (Wildman–Crippen LogP) is 5.06. The lowest BCUT2D eigenvalue weighted by atomic mass is 9.95. The second-order valence-electron chi connectivity index (χ2n) is 8.91. The highest BCUT2D eigenvalue weighted by Gasteiger charge is 2.48. The minimum Gasteiger partial charge on any atom is -0.507 e. The van der Waals surface area contributed by atoms with Crippen molar-refractivity contribution in [2.45, 2.75) is 32.7 Å². The van der Waals surface area contributed by atoms with Gasteiger partial charge in [0, 0.05) is 5.56 Å². The normalized spacial score (nSPS) is 16.2. The molecule has 0 aliphatic carbocycles. The number of benzene rings is 2. The molecule has 3 aromatic rings. The van der Waals surface area contributed by atoms with Gasteiger partial charge in [-0.25, -0.2) is 9.78 Å². The van der Waals surface area contributed by atoms with Crippen LogP contribution in [0.4, 0.5) is 5.13 Å². The van der Waals surface area contributed by atoms with Crippen LogP contribution in [0.15, 0.2) is 48.0 Å². The number of unbranched alkanes of at least 4 members (excludes halogenated alkanes) is 1. The number of aromatic nitrogens is 1. The molecule has 1 atom stereocenters. The summed E-state index contributed by atoms with van der Waals surface area (Å²) in [5, 5.41) is 11.5. The number of hydrogen-bond acceptors (Lipinski definition) is 10. The molecule has 0 spiro atoms. The van der Waals surface area contributed by atoms with Crippen LogP contribution in [0.1, 0.15) is 52.3 Å². The van der Waals surface area contributed by atoms with Gasteiger partial charge >= 0.3 is 11.9 Å². The van der Waals surface area contributed by atoms with Gasteiger partial charge in [0.1, 0.15) is 16.4 Å². The smallest absolute Gasteiger partial charge is 0.350 e. The summed E-state index contributed by atoms with van der Waals surface area (Å²) < 4.78 is 21.3. The zero-order chi connectivity index (χ0) is 29.0. The molecule has 2 heterocycles. The fraction of sp³-hybridized carbons (Fsp3) is 0.310. The number of aliphatic hydroxyl groups is 1. The van der Waals surface area contributed by atoms with Crippen LogP contribution in [0, 0.1) is 6.92 Å². The van der Waals surface area contributed by atoms with Crippen molar-refractivity contribution in [1.82, 2.24) is 4.98 Å². The number of aliphatic hydroxyl groups excluding tert-OH is 1. The third-order valence-corrected chi connectivity index (χ3v) is 7.56. The highest BCUT2D eigenvalue weighted by atomic mass is 32.1. The molecule has 1 fully saturated rings. The number of ketones is 1. The lowest BCUT2D eigenvalue weighted by Crippen LogP contribution is -2.29. The van der Waals surface area contributed by atoms with E-state index < -0.39 is 23.7 Å². The minimum atomic E-state index is -1.07. The van der Waals surface area contributed by atoms with E-state index in [0.717, 1.165) is 24.2 Å². The van der Waals surface area contributed by atoms with Crippen LogP contribution >= 0.6 is 11.3 Å². The number of carbonyl (C=O) groups excluding carboxylic acids is 3. The van der Waals surface area contributed by atoms with E-state index in [1.807, 2.05) is 0 Å². The summed E-state index contributed by atoms with van der Waals surface area (Å²) in [6, 6.07) is 10.5. The summed E-state index contributed by atoms with van der Waals surface area (Å²) in [6.45, 7) is 4.24. The van der Waals surface area contributed by atoms with Crippen LogP contribution in [-0.2, 0) is 14.3 Å². The number of esters is 1. The molecule has 11 heteroatoms. The van der Waals surface area contributed by atoms with Gasteiger partial charge in [-0.1, -0.05) is 30.7 Å². The van der Waals surface area contributed by atoms with Crippen molar-refractivity contribution in [2.75, 3.05) is 32.8 Å². The molecular formula is C29H30N2O8S. The minimum absolute atomic E-state index is 0.110. The summed E-state index contributed by atoms with van der Waals surface area (Å²) in [5.41, 5.74) is 1.00. The number of Topliss-reactive ketones (excluding diaryl/α,β-unsaturated/α-hetero) is 1. The second-order valence-corrected chi connectivity index (χ2v) is 9.89. The van der Waals surface area contributed by atoms with E-state index in [0.29, 0.717) is 40.7 Å². The molecule has 1 aliphatic rings. The molecule has 1 aliphatic heterocycles. The summed E-state index contributed by atoms with van der Waals surface area (Å²) in [6.07, 6.45) is 1.90. The maximum atomic E-state index is 13.5. The van der Waals surface area contributed by atoms with Crippen LogP contribution in [0.25, 0.3) is 5.76 Å². The van der Waals surface area contributed by atoms with Gasteiger partial charge in [0.25, 0.3) is 5.78 Å². The van der Waals surface area contributed by atoms with Gasteiger partial charge in [-0.3, -0.25) is 14.5 Å². The number of anilines is 1. The Hall–Kier alpha value is -4.38. The molecule has 4 rings (SSSR count). The first kappa shape index (κ1) is 28.6. The van der Waals surface area contributed by atoms with Gasteiger partial charge in [-0.15, -0.1) is 0 Å². The van der Waals surface area contributed by atoms with Crippen LogP contribution in [0.5, 0.6) is 17.2 Å². The number of carbonyl (C=O) groups is 3. The van der Waals surface area contributed by atoms with Crippen LogP contribution in [-0.4, -0.2) is 55.7 Å². The van der Waals surface area contributed by atoms with Crippen LogP contribution in [0.2, 0.25) is 0 Å². The van der Waals surface area contributed by atoms with Crippen molar-refractivity contribution < 1.29 is 38.4 Å². The number of hydrogen-bond donors (Lipinski definition) is 1. The standard InChI is InChI=1S/C29H30N2O8S/c1-6-7-14-39-19-11-8-17(9-12-19)24(32)22-23(18-10-13-20(36-3)21(15-18)37-4)31(27(34)25(22)33)29-30-16(2)26(40-29)28(35)38-5/h8-13,15,23,32H,6-7,14H2,1-5H3/t23-/m1/s1. The lowest BCUT2D eigenvalue weighted by Gasteiger charge is -2.23. The summed E-state index contributed by atoms with van der Waals surface area (Å²) in [5.74, 6) is -1.33. The molecule has 0 unspecified atom stereocenters. The van der Waals surface area contributed by atoms with E-state index in [1.165, 1.54) is 26.2 Å². The van der Waals surface area contributed by atoms with Gasteiger partial charge in [-0.05, 0) is 55.3 Å². The molecule has 1 N–H and O–H groups in total. The van der Waals surface area contributed by atoms with Crippen molar-refractivity contribution in [3.05, 3.63) is 69.7 Å². The number of nitrogens with zero attached hydrogens (tertiary/aromatic N) is 2. The number of methoxy groups -OCH3 is 3. The first-order chi connectivity index (χ1) is 19.2. The SMILES string of the molecule is CCCCOc1ccc(C(O)=C2C(=O)C(=O)N(c3nc(C)c(C(=O)OC)s3)[C@@H]2c2ccc(OC)c(OC)c2)cc1. The summed E-state index contributed by atoms with van der Waals surface area (Å²) >= 11 is 0.923. The molecule has 1 saturated heterocycles. The molecule has 40 heavy (non-hydrogen) atoms. The Balaban J connectivity index is 1.87. The zero-order valence-corrected chi connectivity index (χ0v) is 23.7.